The number of hydrogen-bond acceptors (Lipinski definition) is 3. The van der Waals surface area contributed by atoms with Crippen molar-refractivity contribution < 1.29 is 17.2 Å². The summed E-state index contributed by atoms with van der Waals surface area (Å²) in [7, 11) is -3.65. The molecule has 4 nitrogen and oxygen atoms in total. The molecule has 0 fully saturated rings. The van der Waals surface area contributed by atoms with Crippen molar-refractivity contribution in [3.05, 3.63) is 29.8 Å². The smallest absolute Gasteiger partial charge is 0.232 e. The molecule has 0 spiro atoms. The number of rotatable bonds is 7. The fraction of sp³-hybridized carbons (Fsp3) is 0.455. The summed E-state index contributed by atoms with van der Waals surface area (Å²) in [5.74, 6) is -2.41. The van der Waals surface area contributed by atoms with Crippen molar-refractivity contribution in [2.75, 3.05) is 23.6 Å². The first kappa shape index (κ1) is 14.8. The Labute approximate surface area is 105 Å². The molecule has 0 atom stereocenters. The van der Waals surface area contributed by atoms with Crippen LogP contribution >= 0.6 is 0 Å². The van der Waals surface area contributed by atoms with Gasteiger partial charge in [0.25, 0.3) is 0 Å². The second-order valence-electron chi connectivity index (χ2n) is 3.73. The standard InChI is InChI=1S/C11H16F2N2O2S/c1-2-14-7-4-8-18(16,17)15-10-6-3-5-9(12)11(10)13/h3,5-6,14-15H,2,4,7-8H2,1H3. The van der Waals surface area contributed by atoms with Gasteiger partial charge in [-0.05, 0) is 31.6 Å². The SMILES string of the molecule is CCNCCCS(=O)(=O)Nc1cccc(F)c1F. The van der Waals surface area contributed by atoms with E-state index in [1.54, 1.807) is 0 Å². The fourth-order valence-electron chi connectivity index (χ4n) is 1.37. The largest absolute Gasteiger partial charge is 0.317 e. The number of halogens is 2. The molecular formula is C11H16F2N2O2S. The maximum atomic E-state index is 13.3. The lowest BCUT2D eigenvalue weighted by molar-refractivity contribution is 0.511. The molecule has 0 heterocycles. The molecule has 0 aliphatic heterocycles. The molecule has 0 unspecified atom stereocenters. The molecule has 0 aromatic heterocycles. The number of hydrogen-bond donors (Lipinski definition) is 2. The molecule has 0 bridgehead atoms. The summed E-state index contributed by atoms with van der Waals surface area (Å²) >= 11 is 0. The zero-order valence-corrected chi connectivity index (χ0v) is 10.9. The predicted molar refractivity (Wildman–Crippen MR) is 66.9 cm³/mol. The Morgan fingerprint density at radius 2 is 2.00 bits per heavy atom. The fourth-order valence-corrected chi connectivity index (χ4v) is 2.48. The van der Waals surface area contributed by atoms with Crippen LogP contribution in [0.3, 0.4) is 0 Å². The lowest BCUT2D eigenvalue weighted by Gasteiger charge is -2.09. The lowest BCUT2D eigenvalue weighted by Crippen LogP contribution is -2.22. The second-order valence-corrected chi connectivity index (χ2v) is 5.57. The van der Waals surface area contributed by atoms with Gasteiger partial charge >= 0.3 is 0 Å². The molecule has 0 amide bonds. The van der Waals surface area contributed by atoms with E-state index < -0.39 is 21.7 Å². The lowest BCUT2D eigenvalue weighted by atomic mass is 10.3. The predicted octanol–water partition coefficient (Wildman–Crippen LogP) is 1.71. The van der Waals surface area contributed by atoms with Crippen LogP contribution in [0, 0.1) is 11.6 Å². The van der Waals surface area contributed by atoms with Crippen molar-refractivity contribution >= 4 is 15.7 Å². The molecular weight excluding hydrogens is 262 g/mol. The van der Waals surface area contributed by atoms with Gasteiger partial charge in [-0.3, -0.25) is 4.72 Å². The number of nitrogens with one attached hydrogen (secondary N) is 2. The van der Waals surface area contributed by atoms with E-state index in [0.29, 0.717) is 13.0 Å². The summed E-state index contributed by atoms with van der Waals surface area (Å²) in [4.78, 5) is 0. The van der Waals surface area contributed by atoms with Crippen LogP contribution in [0.4, 0.5) is 14.5 Å². The van der Waals surface area contributed by atoms with Crippen LogP contribution in [-0.4, -0.2) is 27.3 Å². The summed E-state index contributed by atoms with van der Waals surface area (Å²) in [5, 5.41) is 2.98. The minimum absolute atomic E-state index is 0.143. The van der Waals surface area contributed by atoms with E-state index in [1.165, 1.54) is 12.1 Å². The summed E-state index contributed by atoms with van der Waals surface area (Å²) in [6, 6.07) is 3.35. The van der Waals surface area contributed by atoms with Crippen molar-refractivity contribution in [1.82, 2.24) is 5.32 Å². The van der Waals surface area contributed by atoms with Crippen LogP contribution < -0.4 is 10.0 Å². The van der Waals surface area contributed by atoms with Gasteiger partial charge in [0.05, 0.1) is 11.4 Å². The summed E-state index contributed by atoms with van der Waals surface area (Å²) in [5.41, 5.74) is -0.363. The Kier molecular flexibility index (Phi) is 5.49. The van der Waals surface area contributed by atoms with Gasteiger partial charge in [0.15, 0.2) is 11.6 Å². The van der Waals surface area contributed by atoms with Gasteiger partial charge in [0, 0.05) is 0 Å². The third-order valence-corrected chi connectivity index (χ3v) is 3.59. The Balaban J connectivity index is 2.62. The molecule has 1 rings (SSSR count). The topological polar surface area (TPSA) is 58.2 Å². The molecule has 2 N–H and O–H groups in total. The van der Waals surface area contributed by atoms with Crippen LogP contribution in [0.1, 0.15) is 13.3 Å². The highest BCUT2D eigenvalue weighted by Crippen LogP contribution is 2.17. The molecule has 0 saturated heterocycles. The van der Waals surface area contributed by atoms with Crippen molar-refractivity contribution in [2.24, 2.45) is 0 Å². The summed E-state index contributed by atoms with van der Waals surface area (Å²) < 4.78 is 51.4. The van der Waals surface area contributed by atoms with E-state index >= 15 is 0 Å². The summed E-state index contributed by atoms with van der Waals surface area (Å²) in [6.45, 7) is 3.23. The Morgan fingerprint density at radius 1 is 1.28 bits per heavy atom. The number of anilines is 1. The number of sulfonamides is 1. The van der Waals surface area contributed by atoms with Crippen molar-refractivity contribution in [2.45, 2.75) is 13.3 Å². The molecule has 0 saturated carbocycles. The van der Waals surface area contributed by atoms with Crippen molar-refractivity contribution in [3.8, 4) is 0 Å². The highest BCUT2D eigenvalue weighted by atomic mass is 32.2. The van der Waals surface area contributed by atoms with Gasteiger partial charge in [-0.1, -0.05) is 13.0 Å². The monoisotopic (exact) mass is 278 g/mol. The molecule has 102 valence electrons. The zero-order valence-electron chi connectivity index (χ0n) is 10.0. The maximum absolute atomic E-state index is 13.3. The first-order chi connectivity index (χ1) is 8.46. The minimum Gasteiger partial charge on any atom is -0.317 e. The van der Waals surface area contributed by atoms with Gasteiger partial charge in [-0.25, -0.2) is 17.2 Å². The van der Waals surface area contributed by atoms with Gasteiger partial charge in [-0.2, -0.15) is 0 Å². The van der Waals surface area contributed by atoms with Gasteiger partial charge in [0.1, 0.15) is 0 Å². The Bertz CT molecular complexity index is 492. The van der Waals surface area contributed by atoms with Crippen molar-refractivity contribution in [1.29, 1.82) is 0 Å². The first-order valence-corrected chi connectivity index (χ1v) is 7.26. The first-order valence-electron chi connectivity index (χ1n) is 5.61. The van der Waals surface area contributed by atoms with Gasteiger partial charge in [-0.15, -0.1) is 0 Å². The number of benzene rings is 1. The Morgan fingerprint density at radius 3 is 2.67 bits per heavy atom. The van der Waals surface area contributed by atoms with E-state index in [4.69, 9.17) is 0 Å². The van der Waals surface area contributed by atoms with E-state index in [-0.39, 0.29) is 11.4 Å². The quantitative estimate of drug-likeness (QED) is 0.746. The van der Waals surface area contributed by atoms with Gasteiger partial charge < -0.3 is 5.32 Å². The molecule has 1 aromatic carbocycles. The van der Waals surface area contributed by atoms with Gasteiger partial charge in [0.2, 0.25) is 10.0 Å². The van der Waals surface area contributed by atoms with Crippen molar-refractivity contribution in [3.63, 3.8) is 0 Å². The highest BCUT2D eigenvalue weighted by molar-refractivity contribution is 7.92. The van der Waals surface area contributed by atoms with E-state index in [0.717, 1.165) is 12.6 Å². The normalized spacial score (nSPS) is 11.5. The molecule has 0 aliphatic carbocycles. The molecule has 1 aromatic rings. The van der Waals surface area contributed by atoms with Crippen LogP contribution in [-0.2, 0) is 10.0 Å². The highest BCUT2D eigenvalue weighted by Gasteiger charge is 2.14. The van der Waals surface area contributed by atoms with Crippen LogP contribution in [0.5, 0.6) is 0 Å². The average Bonchev–Trinajstić information content (AvgIpc) is 2.31. The van der Waals surface area contributed by atoms with Crippen LogP contribution in [0.2, 0.25) is 0 Å². The summed E-state index contributed by atoms with van der Waals surface area (Å²) in [6.07, 6.45) is 0.403. The van der Waals surface area contributed by atoms with Crippen LogP contribution in [0.25, 0.3) is 0 Å². The third kappa shape index (κ3) is 4.58. The van der Waals surface area contributed by atoms with E-state index in [9.17, 15) is 17.2 Å². The third-order valence-electron chi connectivity index (χ3n) is 2.23. The Hall–Kier alpha value is -1.21. The average molecular weight is 278 g/mol. The molecule has 7 heteroatoms. The molecule has 0 aliphatic rings. The maximum Gasteiger partial charge on any atom is 0.232 e. The molecule has 18 heavy (non-hydrogen) atoms. The van der Waals surface area contributed by atoms with Crippen LogP contribution in [0.15, 0.2) is 18.2 Å². The zero-order chi connectivity index (χ0) is 13.6. The van der Waals surface area contributed by atoms with E-state index in [2.05, 4.69) is 5.32 Å². The molecule has 0 radical (unpaired) electrons. The van der Waals surface area contributed by atoms with E-state index in [1.807, 2.05) is 11.6 Å². The minimum atomic E-state index is -3.65. The second kappa shape index (κ2) is 6.65.